The Kier molecular flexibility index (Phi) is 4.47. The third kappa shape index (κ3) is 4.21. The van der Waals surface area contributed by atoms with Gasteiger partial charge in [0.05, 0.1) is 18.0 Å². The van der Waals surface area contributed by atoms with Crippen LogP contribution in [0.1, 0.15) is 33.1 Å². The summed E-state index contributed by atoms with van der Waals surface area (Å²) < 4.78 is 11.6. The third-order valence-corrected chi connectivity index (χ3v) is 3.27. The lowest BCUT2D eigenvalue weighted by Gasteiger charge is -2.19. The van der Waals surface area contributed by atoms with Gasteiger partial charge in [-0.3, -0.25) is 0 Å². The van der Waals surface area contributed by atoms with E-state index in [1.54, 1.807) is 12.5 Å². The molecule has 0 bridgehead atoms. The van der Waals surface area contributed by atoms with Crippen molar-refractivity contribution in [3.05, 3.63) is 29.1 Å². The molecule has 2 aromatic rings. The topological polar surface area (TPSA) is 51.2 Å². The molecule has 2 rings (SSSR count). The van der Waals surface area contributed by atoms with E-state index in [-0.39, 0.29) is 5.54 Å². The van der Waals surface area contributed by atoms with E-state index in [1.165, 1.54) is 0 Å². The number of halogens is 1. The van der Waals surface area contributed by atoms with Crippen LogP contribution in [0.15, 0.2) is 32.0 Å². The van der Waals surface area contributed by atoms with Crippen LogP contribution in [0.2, 0.25) is 0 Å². The summed E-state index contributed by atoms with van der Waals surface area (Å²) >= 11 is 3.33. The van der Waals surface area contributed by atoms with Crippen molar-refractivity contribution in [1.82, 2.24) is 10.3 Å². The lowest BCUT2D eigenvalue weighted by atomic mass is 10.1. The standard InChI is InChI=1S/C14H19BrN2O2/c1-14(2,3)17-7-4-5-12-16-9-11(19-12)10-6-8-18-13(10)15/h6,8-9,17H,4-5,7H2,1-3H3. The van der Waals surface area contributed by atoms with Crippen molar-refractivity contribution in [3.8, 4) is 11.3 Å². The summed E-state index contributed by atoms with van der Waals surface area (Å²) in [4.78, 5) is 4.29. The number of aromatic nitrogens is 1. The predicted molar refractivity (Wildman–Crippen MR) is 78.0 cm³/mol. The number of hydrogen-bond acceptors (Lipinski definition) is 4. The molecule has 19 heavy (non-hydrogen) atoms. The number of aryl methyl sites for hydroxylation is 1. The average molecular weight is 327 g/mol. The van der Waals surface area contributed by atoms with Crippen LogP contribution in [0.3, 0.4) is 0 Å². The summed E-state index contributed by atoms with van der Waals surface area (Å²) in [5.74, 6) is 1.50. The highest BCUT2D eigenvalue weighted by atomic mass is 79.9. The number of nitrogens with zero attached hydrogens (tertiary/aromatic N) is 1. The van der Waals surface area contributed by atoms with Crippen LogP contribution < -0.4 is 5.32 Å². The van der Waals surface area contributed by atoms with Gasteiger partial charge in [-0.15, -0.1) is 0 Å². The number of furan rings is 1. The maximum Gasteiger partial charge on any atom is 0.194 e. The van der Waals surface area contributed by atoms with Gasteiger partial charge in [0.15, 0.2) is 16.3 Å². The van der Waals surface area contributed by atoms with Gasteiger partial charge in [0.2, 0.25) is 0 Å². The van der Waals surface area contributed by atoms with Gasteiger partial charge in [-0.05, 0) is 55.7 Å². The minimum absolute atomic E-state index is 0.156. The van der Waals surface area contributed by atoms with Gasteiger partial charge in [0, 0.05) is 12.0 Å². The largest absolute Gasteiger partial charge is 0.457 e. The van der Waals surface area contributed by atoms with Gasteiger partial charge in [-0.1, -0.05) is 0 Å². The van der Waals surface area contributed by atoms with Crippen LogP contribution >= 0.6 is 15.9 Å². The van der Waals surface area contributed by atoms with Crippen LogP contribution in [0.4, 0.5) is 0 Å². The first-order valence-corrected chi connectivity index (χ1v) is 7.18. The van der Waals surface area contributed by atoms with Crippen LogP contribution in [0.25, 0.3) is 11.3 Å². The summed E-state index contributed by atoms with van der Waals surface area (Å²) in [5, 5.41) is 3.44. The molecule has 0 spiro atoms. The van der Waals surface area contributed by atoms with Crippen molar-refractivity contribution in [3.63, 3.8) is 0 Å². The van der Waals surface area contributed by atoms with Crippen molar-refractivity contribution in [2.24, 2.45) is 0 Å². The zero-order valence-corrected chi connectivity index (χ0v) is 13.1. The van der Waals surface area contributed by atoms with Crippen molar-refractivity contribution in [2.75, 3.05) is 6.54 Å². The predicted octanol–water partition coefficient (Wildman–Crippen LogP) is 4.02. The van der Waals surface area contributed by atoms with Crippen LogP contribution in [-0.2, 0) is 6.42 Å². The molecule has 0 unspecified atom stereocenters. The van der Waals surface area contributed by atoms with Gasteiger partial charge < -0.3 is 14.2 Å². The SMILES string of the molecule is CC(C)(C)NCCCc1ncc(-c2ccoc2Br)o1. The molecule has 0 aliphatic heterocycles. The monoisotopic (exact) mass is 326 g/mol. The Balaban J connectivity index is 1.87. The zero-order valence-electron chi connectivity index (χ0n) is 11.5. The summed E-state index contributed by atoms with van der Waals surface area (Å²) in [5.41, 5.74) is 1.05. The van der Waals surface area contributed by atoms with E-state index >= 15 is 0 Å². The second kappa shape index (κ2) is 5.92. The first kappa shape index (κ1) is 14.3. The highest BCUT2D eigenvalue weighted by Gasteiger charge is 2.12. The Morgan fingerprint density at radius 3 is 2.79 bits per heavy atom. The second-order valence-corrected chi connectivity index (χ2v) is 6.23. The molecular weight excluding hydrogens is 308 g/mol. The van der Waals surface area contributed by atoms with Gasteiger partial charge in [0.1, 0.15) is 0 Å². The summed E-state index contributed by atoms with van der Waals surface area (Å²) in [6, 6.07) is 1.86. The Labute approximate surface area is 121 Å². The normalized spacial score (nSPS) is 12.0. The fourth-order valence-electron chi connectivity index (χ4n) is 1.72. The molecule has 0 aliphatic rings. The highest BCUT2D eigenvalue weighted by Crippen LogP contribution is 2.29. The van der Waals surface area contributed by atoms with Gasteiger partial charge in [-0.25, -0.2) is 4.98 Å². The maximum absolute atomic E-state index is 5.71. The minimum atomic E-state index is 0.156. The van der Waals surface area contributed by atoms with Crippen LogP contribution in [0, 0.1) is 0 Å². The lowest BCUT2D eigenvalue weighted by Crippen LogP contribution is -2.36. The highest BCUT2D eigenvalue weighted by molar-refractivity contribution is 9.10. The number of nitrogens with one attached hydrogen (secondary N) is 1. The molecule has 0 aliphatic carbocycles. The number of oxazole rings is 1. The van der Waals surface area contributed by atoms with E-state index in [4.69, 9.17) is 8.83 Å². The molecule has 4 nitrogen and oxygen atoms in total. The number of hydrogen-bond donors (Lipinski definition) is 1. The Hall–Kier alpha value is -1.07. The van der Waals surface area contributed by atoms with Crippen molar-refractivity contribution < 1.29 is 8.83 Å². The first-order chi connectivity index (χ1) is 8.96. The minimum Gasteiger partial charge on any atom is -0.457 e. The fraction of sp³-hybridized carbons (Fsp3) is 0.500. The van der Waals surface area contributed by atoms with E-state index in [0.29, 0.717) is 4.67 Å². The van der Waals surface area contributed by atoms with E-state index in [1.807, 2.05) is 6.07 Å². The van der Waals surface area contributed by atoms with E-state index in [0.717, 1.165) is 36.6 Å². The third-order valence-electron chi connectivity index (χ3n) is 2.66. The average Bonchev–Trinajstić information content (AvgIpc) is 2.91. The van der Waals surface area contributed by atoms with E-state index in [2.05, 4.69) is 47.0 Å². The van der Waals surface area contributed by atoms with Gasteiger partial charge in [-0.2, -0.15) is 0 Å². The zero-order chi connectivity index (χ0) is 13.9. The van der Waals surface area contributed by atoms with Crippen LogP contribution in [-0.4, -0.2) is 17.1 Å². The molecule has 0 amide bonds. The van der Waals surface area contributed by atoms with Crippen molar-refractivity contribution in [1.29, 1.82) is 0 Å². The number of rotatable bonds is 5. The molecule has 5 heteroatoms. The summed E-state index contributed by atoms with van der Waals surface area (Å²) in [7, 11) is 0. The van der Waals surface area contributed by atoms with Crippen molar-refractivity contribution >= 4 is 15.9 Å². The van der Waals surface area contributed by atoms with E-state index in [9.17, 15) is 0 Å². The summed E-state index contributed by atoms with van der Waals surface area (Å²) in [6.45, 7) is 7.43. The van der Waals surface area contributed by atoms with Crippen LogP contribution in [0.5, 0.6) is 0 Å². The van der Waals surface area contributed by atoms with Gasteiger partial charge in [0.25, 0.3) is 0 Å². The second-order valence-electron chi connectivity index (χ2n) is 5.51. The lowest BCUT2D eigenvalue weighted by molar-refractivity contribution is 0.412. The molecule has 0 saturated heterocycles. The first-order valence-electron chi connectivity index (χ1n) is 6.39. The molecule has 2 aromatic heterocycles. The molecule has 0 atom stereocenters. The molecule has 0 fully saturated rings. The fourth-order valence-corrected chi connectivity index (χ4v) is 2.16. The molecule has 2 heterocycles. The molecule has 0 radical (unpaired) electrons. The van der Waals surface area contributed by atoms with E-state index < -0.39 is 0 Å². The molecular formula is C14H19BrN2O2. The Morgan fingerprint density at radius 1 is 1.37 bits per heavy atom. The maximum atomic E-state index is 5.71. The smallest absolute Gasteiger partial charge is 0.194 e. The molecule has 1 N–H and O–H groups in total. The van der Waals surface area contributed by atoms with Gasteiger partial charge >= 0.3 is 0 Å². The molecule has 0 aromatic carbocycles. The van der Waals surface area contributed by atoms with Crippen molar-refractivity contribution in [2.45, 2.75) is 39.2 Å². The molecule has 104 valence electrons. The molecule has 0 saturated carbocycles. The Morgan fingerprint density at radius 2 is 2.16 bits per heavy atom. The quantitative estimate of drug-likeness (QED) is 0.843. The summed E-state index contributed by atoms with van der Waals surface area (Å²) in [6.07, 6.45) is 5.19. The Bertz CT molecular complexity index is 526.